The van der Waals surface area contributed by atoms with Gasteiger partial charge in [0.05, 0.1) is 12.8 Å². The SMILES string of the molecule is CCOC(=O)c1cn[nH]c1S(=O)(=O)N1CCCC1C(C)C. The Morgan fingerprint density at radius 3 is 2.90 bits per heavy atom. The van der Waals surface area contributed by atoms with Gasteiger partial charge in [0, 0.05) is 12.6 Å². The number of hydrogen-bond donors (Lipinski definition) is 1. The minimum absolute atomic E-state index is 0.0359. The second kappa shape index (κ2) is 6.15. The molecule has 0 aromatic carbocycles. The molecule has 1 N–H and O–H groups in total. The van der Waals surface area contributed by atoms with Crippen molar-refractivity contribution in [2.24, 2.45) is 5.92 Å². The summed E-state index contributed by atoms with van der Waals surface area (Å²) in [5.74, 6) is -0.457. The van der Waals surface area contributed by atoms with E-state index < -0.39 is 16.0 Å². The summed E-state index contributed by atoms with van der Waals surface area (Å²) in [7, 11) is -3.77. The third kappa shape index (κ3) is 2.96. The van der Waals surface area contributed by atoms with E-state index in [1.165, 1.54) is 10.5 Å². The van der Waals surface area contributed by atoms with E-state index in [4.69, 9.17) is 4.74 Å². The van der Waals surface area contributed by atoms with E-state index in [0.717, 1.165) is 12.8 Å². The summed E-state index contributed by atoms with van der Waals surface area (Å²) in [5.41, 5.74) is -0.0359. The highest BCUT2D eigenvalue weighted by Crippen LogP contribution is 2.30. The standard InChI is InChI=1S/C13H21N3O4S/c1-4-20-13(17)10-8-14-15-12(10)21(18,19)16-7-5-6-11(16)9(2)3/h8-9,11H,4-7H2,1-3H3,(H,14,15). The van der Waals surface area contributed by atoms with Gasteiger partial charge in [0.2, 0.25) is 0 Å². The van der Waals surface area contributed by atoms with Gasteiger partial charge in [-0.2, -0.15) is 9.40 Å². The molecule has 8 heteroatoms. The van der Waals surface area contributed by atoms with Crippen molar-refractivity contribution in [3.05, 3.63) is 11.8 Å². The van der Waals surface area contributed by atoms with Gasteiger partial charge in [0.1, 0.15) is 5.56 Å². The van der Waals surface area contributed by atoms with Gasteiger partial charge in [-0.3, -0.25) is 5.10 Å². The summed E-state index contributed by atoms with van der Waals surface area (Å²) in [4.78, 5) is 11.8. The average molecular weight is 315 g/mol. The molecular formula is C13H21N3O4S. The predicted octanol–water partition coefficient (Wildman–Crippen LogP) is 1.40. The largest absolute Gasteiger partial charge is 0.462 e. The van der Waals surface area contributed by atoms with Crippen LogP contribution in [0.25, 0.3) is 0 Å². The molecule has 0 amide bonds. The Hall–Kier alpha value is -1.41. The number of carbonyl (C=O) groups excluding carboxylic acids is 1. The number of ether oxygens (including phenoxy) is 1. The molecule has 1 atom stereocenters. The van der Waals surface area contributed by atoms with Crippen LogP contribution in [0.2, 0.25) is 0 Å². The van der Waals surface area contributed by atoms with Crippen molar-refractivity contribution in [3.8, 4) is 0 Å². The van der Waals surface area contributed by atoms with E-state index in [9.17, 15) is 13.2 Å². The van der Waals surface area contributed by atoms with Crippen LogP contribution in [0.3, 0.4) is 0 Å². The molecule has 7 nitrogen and oxygen atoms in total. The van der Waals surface area contributed by atoms with E-state index in [1.807, 2.05) is 13.8 Å². The zero-order valence-electron chi connectivity index (χ0n) is 12.5. The lowest BCUT2D eigenvalue weighted by Crippen LogP contribution is -2.39. The highest BCUT2D eigenvalue weighted by atomic mass is 32.2. The van der Waals surface area contributed by atoms with Crippen molar-refractivity contribution in [2.75, 3.05) is 13.2 Å². The summed E-state index contributed by atoms with van der Waals surface area (Å²) in [5, 5.41) is 5.97. The lowest BCUT2D eigenvalue weighted by Gasteiger charge is -2.26. The van der Waals surface area contributed by atoms with Gasteiger partial charge in [0.15, 0.2) is 5.03 Å². The topological polar surface area (TPSA) is 92.4 Å². The highest BCUT2D eigenvalue weighted by Gasteiger charge is 2.39. The van der Waals surface area contributed by atoms with Crippen LogP contribution in [0.1, 0.15) is 44.0 Å². The highest BCUT2D eigenvalue weighted by molar-refractivity contribution is 7.89. The number of aromatic amines is 1. The molecule has 1 aliphatic heterocycles. The van der Waals surface area contributed by atoms with Gasteiger partial charge in [-0.1, -0.05) is 13.8 Å². The van der Waals surface area contributed by atoms with Crippen molar-refractivity contribution < 1.29 is 17.9 Å². The van der Waals surface area contributed by atoms with Crippen LogP contribution in [0, 0.1) is 5.92 Å². The molecular weight excluding hydrogens is 294 g/mol. The van der Waals surface area contributed by atoms with Crippen LogP contribution in [0.5, 0.6) is 0 Å². The fraction of sp³-hybridized carbons (Fsp3) is 0.692. The zero-order valence-corrected chi connectivity index (χ0v) is 13.3. The van der Waals surface area contributed by atoms with E-state index in [0.29, 0.717) is 6.54 Å². The molecule has 1 aromatic heterocycles. The Morgan fingerprint density at radius 1 is 1.57 bits per heavy atom. The Labute approximate surface area is 124 Å². The maximum atomic E-state index is 12.8. The second-order valence-electron chi connectivity index (χ2n) is 5.40. The number of nitrogens with one attached hydrogen (secondary N) is 1. The first-order valence-corrected chi connectivity index (χ1v) is 8.56. The number of rotatable bonds is 5. The molecule has 1 fully saturated rings. The van der Waals surface area contributed by atoms with Gasteiger partial charge >= 0.3 is 5.97 Å². The Morgan fingerprint density at radius 2 is 2.29 bits per heavy atom. The van der Waals surface area contributed by atoms with Gasteiger partial charge in [-0.25, -0.2) is 13.2 Å². The number of aromatic nitrogens is 2. The van der Waals surface area contributed by atoms with Crippen LogP contribution >= 0.6 is 0 Å². The van der Waals surface area contributed by atoms with Crippen molar-refractivity contribution in [1.82, 2.24) is 14.5 Å². The molecule has 21 heavy (non-hydrogen) atoms. The molecule has 2 rings (SSSR count). The van der Waals surface area contributed by atoms with E-state index in [-0.39, 0.29) is 29.2 Å². The Balaban J connectivity index is 2.37. The minimum atomic E-state index is -3.77. The van der Waals surface area contributed by atoms with Gasteiger partial charge < -0.3 is 4.74 Å². The van der Waals surface area contributed by atoms with Gasteiger partial charge in [-0.15, -0.1) is 0 Å². The monoisotopic (exact) mass is 315 g/mol. The molecule has 0 saturated carbocycles. The quantitative estimate of drug-likeness (QED) is 0.829. The molecule has 2 heterocycles. The average Bonchev–Trinajstić information content (AvgIpc) is 3.08. The van der Waals surface area contributed by atoms with Crippen molar-refractivity contribution in [3.63, 3.8) is 0 Å². The fourth-order valence-electron chi connectivity index (χ4n) is 2.67. The van der Waals surface area contributed by atoms with Gasteiger partial charge in [-0.05, 0) is 25.7 Å². The lowest BCUT2D eigenvalue weighted by atomic mass is 10.0. The summed E-state index contributed by atoms with van der Waals surface area (Å²) in [6, 6.07) is -0.0478. The number of nitrogens with zero attached hydrogens (tertiary/aromatic N) is 2. The molecule has 1 aromatic rings. The molecule has 118 valence electrons. The summed E-state index contributed by atoms with van der Waals surface area (Å²) in [6.07, 6.45) is 2.86. The normalized spacial score (nSPS) is 20.1. The van der Waals surface area contributed by atoms with E-state index >= 15 is 0 Å². The molecule has 0 radical (unpaired) electrons. The maximum absolute atomic E-state index is 12.8. The van der Waals surface area contributed by atoms with Crippen LogP contribution in [-0.4, -0.2) is 48.1 Å². The summed E-state index contributed by atoms with van der Waals surface area (Å²) < 4.78 is 31.9. The number of H-pyrrole nitrogens is 1. The third-order valence-electron chi connectivity index (χ3n) is 3.68. The fourth-order valence-corrected chi connectivity index (χ4v) is 4.56. The zero-order chi connectivity index (χ0) is 15.6. The van der Waals surface area contributed by atoms with Crippen molar-refractivity contribution in [2.45, 2.75) is 44.7 Å². The molecule has 0 spiro atoms. The molecule has 0 bridgehead atoms. The molecule has 1 unspecified atom stereocenters. The third-order valence-corrected chi connectivity index (χ3v) is 5.58. The second-order valence-corrected chi connectivity index (χ2v) is 7.23. The summed E-state index contributed by atoms with van der Waals surface area (Å²) >= 11 is 0. The minimum Gasteiger partial charge on any atom is -0.462 e. The van der Waals surface area contributed by atoms with Gasteiger partial charge in [0.25, 0.3) is 10.0 Å². The van der Waals surface area contributed by atoms with Crippen LogP contribution in [0.15, 0.2) is 11.2 Å². The van der Waals surface area contributed by atoms with Crippen LogP contribution in [0.4, 0.5) is 0 Å². The predicted molar refractivity (Wildman–Crippen MR) is 76.3 cm³/mol. The molecule has 1 saturated heterocycles. The van der Waals surface area contributed by atoms with Crippen LogP contribution in [-0.2, 0) is 14.8 Å². The number of sulfonamides is 1. The van der Waals surface area contributed by atoms with Crippen LogP contribution < -0.4 is 0 Å². The number of hydrogen-bond acceptors (Lipinski definition) is 5. The van der Waals surface area contributed by atoms with E-state index in [2.05, 4.69) is 10.2 Å². The first-order valence-electron chi connectivity index (χ1n) is 7.12. The molecule has 1 aliphatic rings. The number of esters is 1. The number of carbonyl (C=O) groups is 1. The smallest absolute Gasteiger partial charge is 0.342 e. The van der Waals surface area contributed by atoms with Crippen molar-refractivity contribution in [1.29, 1.82) is 0 Å². The Bertz CT molecular complexity index is 609. The van der Waals surface area contributed by atoms with Crippen molar-refractivity contribution >= 4 is 16.0 Å². The molecule has 0 aliphatic carbocycles. The van der Waals surface area contributed by atoms with E-state index in [1.54, 1.807) is 6.92 Å². The lowest BCUT2D eigenvalue weighted by molar-refractivity contribution is 0.0521. The maximum Gasteiger partial charge on any atom is 0.342 e. The summed E-state index contributed by atoms with van der Waals surface area (Å²) in [6.45, 7) is 6.31. The Kier molecular flexibility index (Phi) is 4.67. The first-order chi connectivity index (χ1) is 9.89. The first kappa shape index (κ1) is 16.0.